The summed E-state index contributed by atoms with van der Waals surface area (Å²) in [5, 5.41) is 5.24. The molecule has 0 radical (unpaired) electrons. The van der Waals surface area contributed by atoms with Crippen molar-refractivity contribution in [3.05, 3.63) is 141 Å². The molecule has 0 bridgehead atoms. The van der Waals surface area contributed by atoms with Crippen LogP contribution < -0.4 is 10.2 Å². The molecule has 1 amide bonds. The van der Waals surface area contributed by atoms with Crippen LogP contribution in [0.5, 0.6) is 0 Å². The standard InChI is InChI=1S/C36H22Cl3N3O3/c37-23-10-5-21(6-11-23)33(43)29-32(34(44)22-7-12-24(38)13-8-22)42-28(36(29)26-18-25(39)14-15-27(26)41-35(36)45)16-9-20-4-3-19-2-1-17-40-30(19)31(20)42/h1-18,28-29,32H,(H,41,45)/t28?,29-,32-,36+/m1/s1. The lowest BCUT2D eigenvalue weighted by Gasteiger charge is -2.38. The number of nitrogens with one attached hydrogen (secondary N) is 1. The molecule has 220 valence electrons. The smallest absolute Gasteiger partial charge is 0.238 e. The summed E-state index contributed by atoms with van der Waals surface area (Å²) in [5.41, 5.74) is 2.47. The number of amides is 1. The first-order valence-electron chi connectivity index (χ1n) is 14.3. The van der Waals surface area contributed by atoms with Crippen molar-refractivity contribution < 1.29 is 14.4 Å². The normalized spacial score (nSPS) is 22.7. The molecule has 1 saturated heterocycles. The fourth-order valence-electron chi connectivity index (χ4n) is 7.38. The Balaban J connectivity index is 1.47. The predicted octanol–water partition coefficient (Wildman–Crippen LogP) is 8.05. The van der Waals surface area contributed by atoms with Crippen LogP contribution in [0.2, 0.25) is 15.1 Å². The largest absolute Gasteiger partial charge is 0.350 e. The molecule has 1 aromatic heterocycles. The van der Waals surface area contributed by atoms with Crippen LogP contribution in [0.1, 0.15) is 31.8 Å². The van der Waals surface area contributed by atoms with Gasteiger partial charge in [-0.05, 0) is 83.9 Å². The number of ketones is 2. The van der Waals surface area contributed by atoms with Gasteiger partial charge in [0.1, 0.15) is 11.5 Å². The first-order chi connectivity index (χ1) is 21.8. The van der Waals surface area contributed by atoms with Gasteiger partial charge in [0.05, 0.1) is 23.2 Å². The second-order valence-electron chi connectivity index (χ2n) is 11.5. The van der Waals surface area contributed by atoms with Gasteiger partial charge in [-0.15, -0.1) is 0 Å². The third-order valence-corrected chi connectivity index (χ3v) is 9.97. The van der Waals surface area contributed by atoms with Crippen molar-refractivity contribution in [2.24, 2.45) is 5.92 Å². The van der Waals surface area contributed by atoms with E-state index < -0.39 is 23.4 Å². The number of fused-ring (bicyclic) bond motifs is 8. The van der Waals surface area contributed by atoms with Crippen molar-refractivity contribution in [1.82, 2.24) is 4.98 Å². The first-order valence-corrected chi connectivity index (χ1v) is 15.5. The summed E-state index contributed by atoms with van der Waals surface area (Å²) in [6.45, 7) is 0. The number of rotatable bonds is 4. The minimum Gasteiger partial charge on any atom is -0.350 e. The van der Waals surface area contributed by atoms with Crippen molar-refractivity contribution in [1.29, 1.82) is 0 Å². The van der Waals surface area contributed by atoms with Gasteiger partial charge in [0.25, 0.3) is 0 Å². The molecule has 1 fully saturated rings. The summed E-state index contributed by atoms with van der Waals surface area (Å²) in [7, 11) is 0. The Morgan fingerprint density at radius 2 is 1.47 bits per heavy atom. The fourth-order valence-corrected chi connectivity index (χ4v) is 7.80. The Bertz CT molecular complexity index is 2110. The van der Waals surface area contributed by atoms with Crippen molar-refractivity contribution in [3.8, 4) is 0 Å². The Labute approximate surface area is 273 Å². The quantitative estimate of drug-likeness (QED) is 0.199. The van der Waals surface area contributed by atoms with E-state index >= 15 is 0 Å². The summed E-state index contributed by atoms with van der Waals surface area (Å²) in [6, 6.07) is 24.2. The zero-order valence-electron chi connectivity index (χ0n) is 23.4. The number of halogens is 3. The SMILES string of the molecule is O=C(c1ccc(Cl)cc1)[C@H]1[C@H](C(=O)c2ccc(Cl)cc2)[C@@]2(C(=O)Nc3ccc(Cl)cc32)C2C=Cc3ccc4cccnc4c3N21. The van der Waals surface area contributed by atoms with E-state index in [4.69, 9.17) is 39.8 Å². The summed E-state index contributed by atoms with van der Waals surface area (Å²) in [6.07, 6.45) is 5.57. The zero-order chi connectivity index (χ0) is 31.0. The summed E-state index contributed by atoms with van der Waals surface area (Å²) < 4.78 is 0. The second kappa shape index (κ2) is 10.3. The minimum atomic E-state index is -1.52. The Morgan fingerprint density at radius 3 is 2.18 bits per heavy atom. The molecular formula is C36H22Cl3N3O3. The van der Waals surface area contributed by atoms with Gasteiger partial charge in [0.15, 0.2) is 11.6 Å². The average Bonchev–Trinajstić information content (AvgIpc) is 3.52. The minimum absolute atomic E-state index is 0.321. The summed E-state index contributed by atoms with van der Waals surface area (Å²) in [4.78, 5) is 51.2. The molecule has 0 saturated carbocycles. The van der Waals surface area contributed by atoms with Crippen LogP contribution in [0.3, 0.4) is 0 Å². The van der Waals surface area contributed by atoms with Crippen molar-refractivity contribution >= 4 is 80.6 Å². The van der Waals surface area contributed by atoms with Crippen molar-refractivity contribution in [3.63, 3.8) is 0 Å². The molecule has 4 heterocycles. The lowest BCUT2D eigenvalue weighted by atomic mass is 9.64. The highest BCUT2D eigenvalue weighted by molar-refractivity contribution is 6.32. The van der Waals surface area contributed by atoms with Crippen LogP contribution in [0.15, 0.2) is 103 Å². The number of hydrogen-bond donors (Lipinski definition) is 1. The van der Waals surface area contributed by atoms with Crippen LogP contribution in [-0.4, -0.2) is 34.5 Å². The van der Waals surface area contributed by atoms with Crippen LogP contribution >= 0.6 is 34.8 Å². The summed E-state index contributed by atoms with van der Waals surface area (Å²) in [5.74, 6) is -2.23. The zero-order valence-corrected chi connectivity index (χ0v) is 25.6. The number of anilines is 2. The number of aromatic nitrogens is 1. The molecule has 4 atom stereocenters. The molecule has 45 heavy (non-hydrogen) atoms. The fraction of sp³-hybridized carbons (Fsp3) is 0.111. The number of carbonyl (C=O) groups is 3. The molecule has 1 N–H and O–H groups in total. The average molecular weight is 651 g/mol. The molecule has 1 spiro atoms. The van der Waals surface area contributed by atoms with Gasteiger partial charge in [-0.1, -0.05) is 65.2 Å². The lowest BCUT2D eigenvalue weighted by Crippen LogP contribution is -2.51. The molecule has 9 heteroatoms. The lowest BCUT2D eigenvalue weighted by molar-refractivity contribution is -0.121. The van der Waals surface area contributed by atoms with Gasteiger partial charge in [-0.25, -0.2) is 0 Å². The van der Waals surface area contributed by atoms with E-state index in [2.05, 4.69) is 5.32 Å². The van der Waals surface area contributed by atoms with Gasteiger partial charge >= 0.3 is 0 Å². The maximum Gasteiger partial charge on any atom is 0.238 e. The second-order valence-corrected chi connectivity index (χ2v) is 12.8. The highest BCUT2D eigenvalue weighted by Gasteiger charge is 2.70. The summed E-state index contributed by atoms with van der Waals surface area (Å²) >= 11 is 19.0. The molecule has 5 aromatic rings. The van der Waals surface area contributed by atoms with Crippen LogP contribution in [0.25, 0.3) is 17.0 Å². The number of pyridine rings is 1. The van der Waals surface area contributed by atoms with E-state index in [-0.39, 0.29) is 17.5 Å². The number of nitrogens with zero attached hydrogens (tertiary/aromatic N) is 2. The van der Waals surface area contributed by atoms with Gasteiger partial charge in [0, 0.05) is 43.5 Å². The Hall–Kier alpha value is -4.49. The third kappa shape index (κ3) is 4.03. The van der Waals surface area contributed by atoms with Gasteiger partial charge < -0.3 is 10.2 Å². The van der Waals surface area contributed by atoms with Crippen LogP contribution in [-0.2, 0) is 10.2 Å². The monoisotopic (exact) mass is 649 g/mol. The molecule has 1 unspecified atom stereocenters. The first kappa shape index (κ1) is 28.0. The van der Waals surface area contributed by atoms with Crippen molar-refractivity contribution in [2.75, 3.05) is 10.2 Å². The molecule has 3 aliphatic heterocycles. The Morgan fingerprint density at radius 1 is 0.800 bits per heavy atom. The highest BCUT2D eigenvalue weighted by Crippen LogP contribution is 2.59. The Kier molecular flexibility index (Phi) is 6.40. The van der Waals surface area contributed by atoms with E-state index in [1.165, 1.54) is 0 Å². The third-order valence-electron chi connectivity index (χ3n) is 9.23. The maximum atomic E-state index is 15.0. The maximum absolute atomic E-state index is 15.0. The molecule has 6 nitrogen and oxygen atoms in total. The van der Waals surface area contributed by atoms with E-state index in [1.807, 2.05) is 41.3 Å². The van der Waals surface area contributed by atoms with Crippen LogP contribution in [0.4, 0.5) is 11.4 Å². The van der Waals surface area contributed by atoms with E-state index in [1.54, 1.807) is 72.9 Å². The number of benzene rings is 4. The van der Waals surface area contributed by atoms with E-state index in [0.717, 1.165) is 10.9 Å². The molecular weight excluding hydrogens is 629 g/mol. The number of Topliss-reactive ketones (excluding diaryl/α,β-unsaturated/α-hetero) is 2. The molecule has 0 aliphatic carbocycles. The van der Waals surface area contributed by atoms with Gasteiger partial charge in [-0.3, -0.25) is 19.4 Å². The molecule has 8 rings (SSSR count). The number of carbonyl (C=O) groups excluding carboxylic acids is 3. The topological polar surface area (TPSA) is 79.4 Å². The van der Waals surface area contributed by atoms with E-state index in [0.29, 0.717) is 48.6 Å². The predicted molar refractivity (Wildman–Crippen MR) is 178 cm³/mol. The molecule has 4 aromatic carbocycles. The van der Waals surface area contributed by atoms with E-state index in [9.17, 15) is 14.4 Å². The highest BCUT2D eigenvalue weighted by atomic mass is 35.5. The number of hydrogen-bond acceptors (Lipinski definition) is 5. The van der Waals surface area contributed by atoms with Gasteiger partial charge in [0.2, 0.25) is 5.91 Å². The van der Waals surface area contributed by atoms with Crippen LogP contribution in [0, 0.1) is 5.92 Å². The molecule has 3 aliphatic rings. The van der Waals surface area contributed by atoms with Gasteiger partial charge in [-0.2, -0.15) is 0 Å². The van der Waals surface area contributed by atoms with Crippen molar-refractivity contribution in [2.45, 2.75) is 17.5 Å².